The number of hydrogen-bond acceptors (Lipinski definition) is 8. The van der Waals surface area contributed by atoms with Gasteiger partial charge in [0.15, 0.2) is 0 Å². The Morgan fingerprint density at radius 3 is 1.24 bits per heavy atom. The predicted molar refractivity (Wildman–Crippen MR) is 343 cm³/mol. The summed E-state index contributed by atoms with van der Waals surface area (Å²) in [5.74, 6) is 0. The van der Waals surface area contributed by atoms with Gasteiger partial charge in [0.2, 0.25) is 0 Å². The van der Waals surface area contributed by atoms with Crippen LogP contribution < -0.4 is 5.46 Å². The van der Waals surface area contributed by atoms with Gasteiger partial charge in [0, 0.05) is 90.5 Å². The molecule has 6 aromatic heterocycles. The van der Waals surface area contributed by atoms with Crippen LogP contribution in [0.15, 0.2) is 207 Å². The number of para-hydroxylation sites is 2. The molecule has 0 unspecified atom stereocenters. The largest absolute Gasteiger partial charge is 0.490 e. The van der Waals surface area contributed by atoms with E-state index in [1.165, 1.54) is 66.8 Å². The Labute approximate surface area is 495 Å². The summed E-state index contributed by atoms with van der Waals surface area (Å²) in [7, 11) is -1.51. The minimum absolute atomic E-state index is 0.0936. The lowest BCUT2D eigenvalue weighted by Crippen LogP contribution is -2.31. The molecule has 10 heteroatoms. The first-order chi connectivity index (χ1) is 40.4. The highest BCUT2D eigenvalue weighted by Crippen LogP contribution is 2.57. The van der Waals surface area contributed by atoms with Crippen LogP contribution in [-0.2, 0) is 21.7 Å². The van der Waals surface area contributed by atoms with Gasteiger partial charge in [-0.15, -0.1) is 0 Å². The molecule has 0 bridgehead atoms. The number of hydrogen-bond donors (Lipinski definition) is 2. The maximum Gasteiger partial charge on any atom is 0.490 e. The molecule has 0 fully saturated rings. The number of pyridine rings is 6. The van der Waals surface area contributed by atoms with E-state index >= 15 is 0 Å². The van der Waals surface area contributed by atoms with Gasteiger partial charge >= 0.3 is 7.12 Å². The fourth-order valence-electron chi connectivity index (χ4n) is 13.7. The van der Waals surface area contributed by atoms with Gasteiger partial charge in [0.1, 0.15) is 5.15 Å². The van der Waals surface area contributed by atoms with Gasteiger partial charge in [0.25, 0.3) is 0 Å². The molecular weight excluding hydrogens is 1050 g/mol. The number of rotatable bonds is 4. The van der Waals surface area contributed by atoms with E-state index in [0.717, 1.165) is 78.1 Å². The number of nitrogens with zero attached hydrogens (tertiary/aromatic N) is 6. The van der Waals surface area contributed by atoms with Gasteiger partial charge in [-0.25, -0.2) is 9.97 Å². The van der Waals surface area contributed by atoms with Crippen molar-refractivity contribution in [3.63, 3.8) is 0 Å². The van der Waals surface area contributed by atoms with Crippen LogP contribution in [-0.4, -0.2) is 47.1 Å². The van der Waals surface area contributed by atoms with Crippen molar-refractivity contribution in [1.82, 2.24) is 29.9 Å². The summed E-state index contributed by atoms with van der Waals surface area (Å²) in [5, 5.41) is 21.9. The molecule has 0 atom stereocenters. The van der Waals surface area contributed by atoms with E-state index in [0.29, 0.717) is 10.6 Å². The Hall–Kier alpha value is -8.99. The lowest BCUT2D eigenvalue weighted by atomic mass is 9.76. The summed E-state index contributed by atoms with van der Waals surface area (Å²) in [5.41, 5.74) is 27.3. The van der Waals surface area contributed by atoms with Crippen molar-refractivity contribution in [3.8, 4) is 78.5 Å². The molecular formula is C74H60BClN6O2. The second kappa shape index (κ2) is 19.6. The van der Waals surface area contributed by atoms with E-state index in [2.05, 4.69) is 192 Å². The molecule has 0 saturated heterocycles. The van der Waals surface area contributed by atoms with E-state index in [1.54, 1.807) is 6.20 Å². The van der Waals surface area contributed by atoms with Crippen molar-refractivity contribution < 1.29 is 10.0 Å². The SMILES string of the molecule is CC1(C)c2cc3c(cc2-c2ncccc21)C(C)(C)c1cc(-c2cc(-c4ccccc4)c4ccccc4n2)cnc1-3.CC1(C)c2cc3c(cc2-c2ncccc21)C(C)(C)c1cc(B(O)O)cnc1-3.Clc1cc(-c2ccccc2)c2ccccc2n1. The first-order valence-corrected chi connectivity index (χ1v) is 29.0. The van der Waals surface area contributed by atoms with Crippen LogP contribution in [0.25, 0.3) is 100 Å². The molecule has 0 saturated carbocycles. The quantitative estimate of drug-likeness (QED) is 0.132. The Bertz CT molecular complexity index is 4670. The van der Waals surface area contributed by atoms with Gasteiger partial charge < -0.3 is 10.0 Å². The first-order valence-electron chi connectivity index (χ1n) is 28.6. The zero-order valence-electron chi connectivity index (χ0n) is 48.2. The highest BCUT2D eigenvalue weighted by atomic mass is 35.5. The summed E-state index contributed by atoms with van der Waals surface area (Å²) >= 11 is 6.06. The van der Waals surface area contributed by atoms with Crippen molar-refractivity contribution in [3.05, 3.63) is 256 Å². The lowest BCUT2D eigenvalue weighted by molar-refractivity contribution is 0.425. The molecule has 2 N–H and O–H groups in total. The second-order valence-electron chi connectivity index (χ2n) is 24.7. The molecule has 0 amide bonds. The van der Waals surface area contributed by atoms with Crippen LogP contribution in [0.3, 0.4) is 0 Å². The van der Waals surface area contributed by atoms with E-state index in [1.807, 2.05) is 79.3 Å². The Balaban J connectivity index is 0.000000123. The van der Waals surface area contributed by atoms with Gasteiger partial charge in [-0.05, 0) is 133 Å². The van der Waals surface area contributed by atoms with Gasteiger partial charge in [-0.1, -0.05) is 182 Å². The minimum Gasteiger partial charge on any atom is -0.423 e. The first kappa shape index (κ1) is 53.0. The third kappa shape index (κ3) is 8.35. The molecule has 12 aromatic rings. The van der Waals surface area contributed by atoms with Gasteiger partial charge in [-0.3, -0.25) is 19.9 Å². The molecule has 6 heterocycles. The molecule has 0 radical (unpaired) electrons. The summed E-state index contributed by atoms with van der Waals surface area (Å²) < 4.78 is 0. The van der Waals surface area contributed by atoms with Crippen LogP contribution in [0, 0.1) is 0 Å². The van der Waals surface area contributed by atoms with Crippen LogP contribution in [0.2, 0.25) is 5.15 Å². The molecule has 8 nitrogen and oxygen atoms in total. The van der Waals surface area contributed by atoms with E-state index in [9.17, 15) is 10.0 Å². The van der Waals surface area contributed by atoms with E-state index in [4.69, 9.17) is 26.6 Å². The highest BCUT2D eigenvalue weighted by Gasteiger charge is 2.45. The fraction of sp³-hybridized carbons (Fsp3) is 0.162. The van der Waals surface area contributed by atoms with Crippen molar-refractivity contribution >= 4 is 46.0 Å². The molecule has 84 heavy (non-hydrogen) atoms. The topological polar surface area (TPSA) is 118 Å². The average Bonchev–Trinajstić information content (AvgIpc) is 1.74. The molecule has 4 aliphatic rings. The average molecular weight is 1110 g/mol. The minimum atomic E-state index is -1.51. The molecule has 4 aliphatic carbocycles. The Morgan fingerprint density at radius 1 is 0.345 bits per heavy atom. The van der Waals surface area contributed by atoms with Gasteiger partial charge in [-0.2, -0.15) is 0 Å². The number of aromatic nitrogens is 6. The van der Waals surface area contributed by atoms with Crippen LogP contribution >= 0.6 is 11.6 Å². The number of benzene rings is 6. The zero-order valence-corrected chi connectivity index (χ0v) is 48.9. The smallest absolute Gasteiger partial charge is 0.423 e. The summed E-state index contributed by atoms with van der Waals surface area (Å²) in [6.45, 7) is 18.1. The fourth-order valence-corrected chi connectivity index (χ4v) is 13.9. The summed E-state index contributed by atoms with van der Waals surface area (Å²) in [4.78, 5) is 28.6. The Kier molecular flexibility index (Phi) is 12.4. The third-order valence-electron chi connectivity index (χ3n) is 18.3. The predicted octanol–water partition coefficient (Wildman–Crippen LogP) is 16.3. The maximum absolute atomic E-state index is 9.56. The van der Waals surface area contributed by atoms with Crippen LogP contribution in [0.4, 0.5) is 0 Å². The zero-order chi connectivity index (χ0) is 58.0. The lowest BCUT2D eigenvalue weighted by Gasteiger charge is -2.24. The van der Waals surface area contributed by atoms with E-state index in [-0.39, 0.29) is 21.7 Å². The molecule has 6 aromatic carbocycles. The monoisotopic (exact) mass is 1110 g/mol. The third-order valence-corrected chi connectivity index (χ3v) is 18.5. The number of fused-ring (bicyclic) bond motifs is 14. The van der Waals surface area contributed by atoms with Gasteiger partial charge in [0.05, 0.1) is 39.5 Å². The van der Waals surface area contributed by atoms with Crippen molar-refractivity contribution in [1.29, 1.82) is 0 Å². The molecule has 0 spiro atoms. The summed E-state index contributed by atoms with van der Waals surface area (Å²) in [6.07, 6.45) is 7.33. The Morgan fingerprint density at radius 2 is 0.750 bits per heavy atom. The molecule has 16 rings (SSSR count). The van der Waals surface area contributed by atoms with Crippen molar-refractivity contribution in [2.75, 3.05) is 0 Å². The standard InChI is InChI=1S/C37H29N3.C22H21BN2O2.C15H10ClN/c1-36(2)28-14-10-16-38-34(28)26-18-30-27(19-29(26)36)35-31(37(30,3)4)17-23(21-39-35)33-20-25(22-11-6-5-7-12-22)24-13-8-9-15-32(24)40-33;1-21(2)15-6-5-7-24-19(15)13-9-17-14(10-16(13)21)20-18(22(17,3)4)8-12(11-25-20)23(26)27;16-15-10-13(11-6-2-1-3-7-11)12-8-4-5-9-14(12)17-15/h5-21H,1-4H3;5-11,26-27H,1-4H3;1-10H. The van der Waals surface area contributed by atoms with Crippen molar-refractivity contribution in [2.24, 2.45) is 0 Å². The van der Waals surface area contributed by atoms with Crippen molar-refractivity contribution in [2.45, 2.75) is 77.0 Å². The van der Waals surface area contributed by atoms with E-state index < -0.39 is 7.12 Å². The van der Waals surface area contributed by atoms with Crippen LogP contribution in [0.5, 0.6) is 0 Å². The summed E-state index contributed by atoms with van der Waals surface area (Å²) in [6, 6.07) is 63.3. The second-order valence-corrected chi connectivity index (χ2v) is 25.0. The maximum atomic E-state index is 9.56. The number of halogens is 1. The molecule has 408 valence electrons. The normalized spacial score (nSPS) is 15.0. The highest BCUT2D eigenvalue weighted by molar-refractivity contribution is 6.58. The molecule has 0 aliphatic heterocycles. The van der Waals surface area contributed by atoms with Crippen LogP contribution in [0.1, 0.15) is 99.9 Å².